The molecule has 10 nitrogen and oxygen atoms in total. The molecule has 0 fully saturated rings. The molecule has 0 bridgehead atoms. The van der Waals surface area contributed by atoms with Gasteiger partial charge in [0.2, 0.25) is 0 Å². The van der Waals surface area contributed by atoms with Crippen LogP contribution >= 0.6 is 61.0 Å². The molecule has 0 unspecified atom stereocenters. The molecule has 222 valence electrons. The van der Waals surface area contributed by atoms with Crippen LogP contribution in [0.4, 0.5) is 0 Å². The number of hydrogen-bond donors (Lipinski definition) is 4. The highest BCUT2D eigenvalue weighted by molar-refractivity contribution is 7.18. The Morgan fingerprint density at radius 3 is 1.51 bits per heavy atom. The maximum atomic E-state index is 6.13. The number of aromatic amines is 2. The Hall–Kier alpha value is -2.90. The first kappa shape index (κ1) is 36.1. The van der Waals surface area contributed by atoms with E-state index < -0.39 is 0 Å². The van der Waals surface area contributed by atoms with Crippen molar-refractivity contribution in [1.29, 1.82) is 0 Å². The largest absolute Gasteiger partial charge is 0.384 e. The number of benzene rings is 2. The van der Waals surface area contributed by atoms with E-state index in [1.807, 2.05) is 48.5 Å². The molecule has 6 N–H and O–H groups in total. The number of aromatic nitrogens is 4. The first-order valence-corrected chi connectivity index (χ1v) is 12.6. The van der Waals surface area contributed by atoms with E-state index in [9.17, 15) is 0 Å². The van der Waals surface area contributed by atoms with Gasteiger partial charge in [-0.1, -0.05) is 0 Å². The lowest BCUT2D eigenvalue weighted by atomic mass is 10.2. The molecule has 5 rings (SSSR count). The number of thiophene rings is 1. The third-order valence-electron chi connectivity index (χ3n) is 5.78. The second-order valence-electron chi connectivity index (χ2n) is 8.32. The lowest BCUT2D eigenvalue weighted by molar-refractivity contribution is 0.208. The summed E-state index contributed by atoms with van der Waals surface area (Å²) < 4.78 is 10.1. The Balaban J connectivity index is 0.00000210. The zero-order valence-corrected chi connectivity index (χ0v) is 26.3. The first-order chi connectivity index (χ1) is 18.1. The maximum absolute atomic E-state index is 6.13. The van der Waals surface area contributed by atoms with Crippen molar-refractivity contribution in [1.82, 2.24) is 19.9 Å². The maximum Gasteiger partial charge on any atom is 0.148 e. The smallest absolute Gasteiger partial charge is 0.148 e. The number of aliphatic imine (C=N–C) groups is 2. The number of amidine groups is 2. The predicted octanol–water partition coefficient (Wildman–Crippen LogP) is 5.23. The van der Waals surface area contributed by atoms with Crippen LogP contribution in [-0.4, -0.2) is 72.1 Å². The SMILES string of the molecule is COCCN=C(N)c1ccc2nc(-c3ccc(-c4nc5ccc(C(N)=NCCOC)cc5[nH]4)s3)[nH]c2c1.Cl.Cl.Cl.Cl. The van der Waals surface area contributed by atoms with E-state index in [-0.39, 0.29) is 49.6 Å². The molecule has 2 aromatic carbocycles. The monoisotopic (exact) mass is 660 g/mol. The Labute approximate surface area is 266 Å². The lowest BCUT2D eigenvalue weighted by Crippen LogP contribution is -2.14. The number of methoxy groups -OCH3 is 2. The number of ether oxygens (including phenoxy) is 2. The zero-order valence-electron chi connectivity index (χ0n) is 22.2. The molecule has 0 spiro atoms. The van der Waals surface area contributed by atoms with E-state index in [2.05, 4.69) is 20.0 Å². The summed E-state index contributed by atoms with van der Waals surface area (Å²) in [6.07, 6.45) is 0. The zero-order chi connectivity index (χ0) is 25.8. The molecule has 0 aliphatic rings. The third kappa shape index (κ3) is 8.32. The van der Waals surface area contributed by atoms with Crippen LogP contribution in [0.15, 0.2) is 58.5 Å². The van der Waals surface area contributed by atoms with Gasteiger partial charge in [0, 0.05) is 25.3 Å². The highest BCUT2D eigenvalue weighted by Crippen LogP contribution is 2.34. The molecule has 0 aliphatic heterocycles. The number of nitrogens with two attached hydrogens (primary N) is 2. The quantitative estimate of drug-likeness (QED) is 0.0914. The number of H-pyrrole nitrogens is 2. The Kier molecular flexibility index (Phi) is 14.6. The molecule has 15 heteroatoms. The van der Waals surface area contributed by atoms with Crippen LogP contribution in [0.25, 0.3) is 43.5 Å². The summed E-state index contributed by atoms with van der Waals surface area (Å²) in [5.41, 5.74) is 17.5. The van der Waals surface area contributed by atoms with Crippen molar-refractivity contribution >= 4 is 94.7 Å². The highest BCUT2D eigenvalue weighted by atomic mass is 35.5. The van der Waals surface area contributed by atoms with Crippen LogP contribution in [0.5, 0.6) is 0 Å². The summed E-state index contributed by atoms with van der Waals surface area (Å²) >= 11 is 1.61. The average Bonchev–Trinajstić information content (AvgIpc) is 3.65. The summed E-state index contributed by atoms with van der Waals surface area (Å²) in [7, 11) is 3.28. The highest BCUT2D eigenvalue weighted by Gasteiger charge is 2.13. The predicted molar refractivity (Wildman–Crippen MR) is 178 cm³/mol. The van der Waals surface area contributed by atoms with Gasteiger partial charge in [-0.25, -0.2) is 9.97 Å². The van der Waals surface area contributed by atoms with Crippen LogP contribution < -0.4 is 11.5 Å². The van der Waals surface area contributed by atoms with Crippen LogP contribution in [0, 0.1) is 0 Å². The molecular formula is C26H32Cl4N8O2S. The van der Waals surface area contributed by atoms with Gasteiger partial charge < -0.3 is 30.9 Å². The number of halogens is 4. The molecule has 0 radical (unpaired) electrons. The van der Waals surface area contributed by atoms with Gasteiger partial charge in [0.1, 0.15) is 23.3 Å². The second-order valence-corrected chi connectivity index (χ2v) is 9.40. The molecule has 3 aromatic heterocycles. The molecule has 0 atom stereocenters. The Morgan fingerprint density at radius 2 is 1.12 bits per heavy atom. The van der Waals surface area contributed by atoms with E-state index in [0.717, 1.165) is 54.6 Å². The summed E-state index contributed by atoms with van der Waals surface area (Å²) in [6.45, 7) is 2.10. The van der Waals surface area contributed by atoms with Crippen molar-refractivity contribution in [2.45, 2.75) is 0 Å². The van der Waals surface area contributed by atoms with Gasteiger partial charge in [-0.2, -0.15) is 0 Å². The van der Waals surface area contributed by atoms with Gasteiger partial charge in [0.05, 0.1) is 58.1 Å². The minimum Gasteiger partial charge on any atom is -0.384 e. The van der Waals surface area contributed by atoms with Crippen LogP contribution in [0.3, 0.4) is 0 Å². The number of imidazole rings is 2. The topological polar surface area (TPSA) is 153 Å². The number of rotatable bonds is 10. The molecule has 5 aromatic rings. The van der Waals surface area contributed by atoms with Crippen molar-refractivity contribution in [3.8, 4) is 21.4 Å². The van der Waals surface area contributed by atoms with Crippen molar-refractivity contribution in [3.05, 3.63) is 59.7 Å². The van der Waals surface area contributed by atoms with E-state index >= 15 is 0 Å². The van der Waals surface area contributed by atoms with Gasteiger partial charge in [-0.3, -0.25) is 9.98 Å². The third-order valence-corrected chi connectivity index (χ3v) is 6.88. The van der Waals surface area contributed by atoms with Gasteiger partial charge in [-0.15, -0.1) is 61.0 Å². The summed E-state index contributed by atoms with van der Waals surface area (Å²) in [5, 5.41) is 0. The minimum atomic E-state index is 0. The number of fused-ring (bicyclic) bond motifs is 2. The fourth-order valence-electron chi connectivity index (χ4n) is 3.86. The second kappa shape index (κ2) is 16.5. The van der Waals surface area contributed by atoms with Crippen molar-refractivity contribution in [3.63, 3.8) is 0 Å². The molecule has 41 heavy (non-hydrogen) atoms. The van der Waals surface area contributed by atoms with Gasteiger partial charge >= 0.3 is 0 Å². The van der Waals surface area contributed by atoms with Crippen LogP contribution in [0.2, 0.25) is 0 Å². The first-order valence-electron chi connectivity index (χ1n) is 11.7. The standard InChI is InChI=1S/C26H28N8O2S.4ClH/c1-35-11-9-29-23(27)15-3-5-17-19(13-15)33-25(31-17)21-7-8-22(37-21)26-32-18-6-4-16(14-20(18)34-26)24(28)30-10-12-36-2;;;;/h3-8,13-14H,9-12H2,1-2H3,(H2,27,29)(H2,28,30)(H,31,33)(H,32,34);4*1H. The molecule has 0 saturated carbocycles. The fraction of sp³-hybridized carbons (Fsp3) is 0.231. The number of hydrogen-bond acceptors (Lipinski definition) is 7. The summed E-state index contributed by atoms with van der Waals surface area (Å²) in [5.74, 6) is 2.53. The van der Waals surface area contributed by atoms with Crippen LogP contribution in [-0.2, 0) is 9.47 Å². The van der Waals surface area contributed by atoms with Crippen molar-refractivity contribution in [2.75, 3.05) is 40.5 Å². The van der Waals surface area contributed by atoms with E-state index in [0.29, 0.717) is 38.0 Å². The number of nitrogens with one attached hydrogen (secondary N) is 2. The fourth-order valence-corrected chi connectivity index (χ4v) is 4.76. The molecule has 3 heterocycles. The normalized spacial score (nSPS) is 11.5. The Bertz CT molecular complexity index is 1500. The van der Waals surface area contributed by atoms with E-state index in [1.54, 1.807) is 25.6 Å². The molecule has 0 amide bonds. The average molecular weight is 662 g/mol. The summed E-state index contributed by atoms with van der Waals surface area (Å²) in [6, 6.07) is 15.8. The number of nitrogens with zero attached hydrogens (tertiary/aromatic N) is 4. The van der Waals surface area contributed by atoms with Crippen molar-refractivity contribution in [2.24, 2.45) is 21.5 Å². The molecular weight excluding hydrogens is 630 g/mol. The van der Waals surface area contributed by atoms with Crippen LogP contribution in [0.1, 0.15) is 11.1 Å². The summed E-state index contributed by atoms with van der Waals surface area (Å²) in [4.78, 5) is 27.0. The van der Waals surface area contributed by atoms with E-state index in [4.69, 9.17) is 30.9 Å². The van der Waals surface area contributed by atoms with Gasteiger partial charge in [-0.05, 0) is 48.5 Å². The van der Waals surface area contributed by atoms with Crippen molar-refractivity contribution < 1.29 is 9.47 Å². The van der Waals surface area contributed by atoms with Gasteiger partial charge in [0.25, 0.3) is 0 Å². The van der Waals surface area contributed by atoms with Gasteiger partial charge in [0.15, 0.2) is 0 Å². The molecule has 0 aliphatic carbocycles. The van der Waals surface area contributed by atoms with E-state index in [1.165, 1.54) is 0 Å². The Morgan fingerprint density at radius 1 is 0.707 bits per heavy atom. The molecule has 0 saturated heterocycles. The minimum absolute atomic E-state index is 0. The lowest BCUT2D eigenvalue weighted by Gasteiger charge is -2.01.